The molecule has 2 heterocycles. The van der Waals surface area contributed by atoms with Crippen LogP contribution in [0.1, 0.15) is 45.6 Å². The first-order chi connectivity index (χ1) is 13.3. The number of carboxylic acid groups (broad SMARTS) is 1. The van der Waals surface area contributed by atoms with Crippen LogP contribution < -0.4 is 10.2 Å². The predicted molar refractivity (Wildman–Crippen MR) is 103 cm³/mol. The van der Waals surface area contributed by atoms with Crippen molar-refractivity contribution in [1.82, 2.24) is 25.0 Å². The third-order valence-electron chi connectivity index (χ3n) is 6.27. The highest BCUT2D eigenvalue weighted by Crippen LogP contribution is 2.35. The van der Waals surface area contributed by atoms with Gasteiger partial charge < -0.3 is 15.3 Å². The maximum Gasteiger partial charge on any atom is 0.317 e. The molecule has 152 valence electrons. The summed E-state index contributed by atoms with van der Waals surface area (Å²) < 4.78 is 1.76. The van der Waals surface area contributed by atoms with Gasteiger partial charge in [-0.05, 0) is 45.4 Å². The van der Waals surface area contributed by atoms with E-state index in [1.54, 1.807) is 4.68 Å². The minimum atomic E-state index is -0.781. The Morgan fingerprint density at radius 3 is 2.71 bits per heavy atom. The van der Waals surface area contributed by atoms with E-state index in [1.165, 1.54) is 19.2 Å². The number of carbonyl (C=O) groups excluding carboxylic acids is 1. The molecule has 1 aliphatic heterocycles. The number of fused-ring (bicyclic) bond motifs is 1. The second kappa shape index (κ2) is 7.20. The molecule has 1 unspecified atom stereocenters. The number of nitrogens with one attached hydrogen (secondary N) is 1. The summed E-state index contributed by atoms with van der Waals surface area (Å²) in [5, 5.41) is 16.6. The van der Waals surface area contributed by atoms with E-state index in [0.717, 1.165) is 31.0 Å². The first-order valence-corrected chi connectivity index (χ1v) is 9.95. The highest BCUT2D eigenvalue weighted by atomic mass is 16.4. The van der Waals surface area contributed by atoms with E-state index in [0.29, 0.717) is 11.5 Å². The molecule has 1 aromatic rings. The summed E-state index contributed by atoms with van der Waals surface area (Å²) in [5.74, 6) is 0.524. The monoisotopic (exact) mass is 388 g/mol. The third kappa shape index (κ3) is 3.50. The number of rotatable bonds is 7. The lowest BCUT2D eigenvalue weighted by Gasteiger charge is -2.43. The molecule has 28 heavy (non-hydrogen) atoms. The molecule has 1 aromatic heterocycles. The van der Waals surface area contributed by atoms with Crippen LogP contribution in [0.15, 0.2) is 17.6 Å². The van der Waals surface area contributed by atoms with E-state index in [2.05, 4.69) is 20.3 Å². The number of carbonyl (C=O) groups is 2. The lowest BCUT2D eigenvalue weighted by atomic mass is 9.84. The molecule has 1 amide bonds. The largest absolute Gasteiger partial charge is 0.480 e. The lowest BCUT2D eigenvalue weighted by molar-refractivity contribution is -0.140. The number of carboxylic acids is 1. The Kier molecular flexibility index (Phi) is 4.86. The average Bonchev–Trinajstić information content (AvgIpc) is 3.26. The van der Waals surface area contributed by atoms with Crippen LogP contribution in [0.4, 0.5) is 5.95 Å². The summed E-state index contributed by atoms with van der Waals surface area (Å²) in [6.45, 7) is 4.83. The third-order valence-corrected chi connectivity index (χ3v) is 6.27. The number of amides is 1. The quantitative estimate of drug-likeness (QED) is 0.718. The van der Waals surface area contributed by atoms with Crippen molar-refractivity contribution in [3.63, 3.8) is 0 Å². The summed E-state index contributed by atoms with van der Waals surface area (Å²) >= 11 is 0. The molecule has 3 aliphatic rings. The highest BCUT2D eigenvalue weighted by Gasteiger charge is 2.39. The van der Waals surface area contributed by atoms with Gasteiger partial charge in [0.1, 0.15) is 6.33 Å². The van der Waals surface area contributed by atoms with Crippen LogP contribution in [0.2, 0.25) is 0 Å². The second-order valence-electron chi connectivity index (χ2n) is 8.30. The number of hydrogen-bond acceptors (Lipinski definition) is 6. The summed E-state index contributed by atoms with van der Waals surface area (Å²) in [7, 11) is 1.88. The Balaban J connectivity index is 1.37. The fraction of sp³-hybridized carbons (Fsp3) is 0.684. The van der Waals surface area contributed by atoms with Gasteiger partial charge in [-0.3, -0.25) is 14.5 Å². The molecular formula is C19H28N6O3. The Hall–Kier alpha value is -2.42. The molecule has 0 spiro atoms. The van der Waals surface area contributed by atoms with Crippen molar-refractivity contribution in [2.24, 2.45) is 5.92 Å². The van der Waals surface area contributed by atoms with Gasteiger partial charge >= 0.3 is 5.97 Å². The molecule has 2 fully saturated rings. The Bertz CT molecular complexity index is 808. The van der Waals surface area contributed by atoms with E-state index in [-0.39, 0.29) is 30.6 Å². The molecule has 9 nitrogen and oxygen atoms in total. The van der Waals surface area contributed by atoms with Crippen molar-refractivity contribution in [3.05, 3.63) is 17.6 Å². The second-order valence-corrected chi connectivity index (χ2v) is 8.30. The predicted octanol–water partition coefficient (Wildman–Crippen LogP) is 1.01. The van der Waals surface area contributed by atoms with E-state index in [1.807, 2.05) is 25.8 Å². The first-order valence-electron chi connectivity index (χ1n) is 9.95. The van der Waals surface area contributed by atoms with Gasteiger partial charge in [0.15, 0.2) is 0 Å². The Labute approximate surface area is 164 Å². The number of aromatic nitrogens is 3. The summed E-state index contributed by atoms with van der Waals surface area (Å²) in [5.41, 5.74) is 1.58. The van der Waals surface area contributed by atoms with E-state index >= 15 is 0 Å². The molecule has 0 saturated heterocycles. The van der Waals surface area contributed by atoms with Gasteiger partial charge in [0.2, 0.25) is 5.95 Å². The van der Waals surface area contributed by atoms with Gasteiger partial charge in [-0.25, -0.2) is 4.68 Å². The Morgan fingerprint density at radius 1 is 1.36 bits per heavy atom. The maximum absolute atomic E-state index is 13.0. The van der Waals surface area contributed by atoms with Crippen LogP contribution in [0.5, 0.6) is 0 Å². The number of hydrogen-bond donors (Lipinski definition) is 2. The lowest BCUT2D eigenvalue weighted by Crippen LogP contribution is -2.56. The maximum atomic E-state index is 13.0. The van der Waals surface area contributed by atoms with Gasteiger partial charge in [0.25, 0.3) is 5.91 Å². The molecule has 0 radical (unpaired) electrons. The zero-order chi connectivity index (χ0) is 20.0. The fourth-order valence-corrected chi connectivity index (χ4v) is 4.28. The zero-order valence-corrected chi connectivity index (χ0v) is 16.6. The van der Waals surface area contributed by atoms with E-state index in [9.17, 15) is 14.7 Å². The topological polar surface area (TPSA) is 104 Å². The minimum Gasteiger partial charge on any atom is -0.480 e. The van der Waals surface area contributed by atoms with Gasteiger partial charge in [0.05, 0.1) is 18.2 Å². The minimum absolute atomic E-state index is 0.0755. The van der Waals surface area contributed by atoms with E-state index < -0.39 is 5.97 Å². The van der Waals surface area contributed by atoms with Gasteiger partial charge in [-0.2, -0.15) is 10.1 Å². The molecule has 4 rings (SSSR count). The molecule has 2 aliphatic carbocycles. The number of anilines is 1. The van der Waals surface area contributed by atoms with Crippen molar-refractivity contribution in [1.29, 1.82) is 0 Å². The number of aliphatic carboxylic acids is 1. The molecule has 0 aromatic carbocycles. The number of nitrogens with zero attached hydrogens (tertiary/aromatic N) is 5. The van der Waals surface area contributed by atoms with Crippen LogP contribution in [0, 0.1) is 5.92 Å². The molecule has 2 saturated carbocycles. The van der Waals surface area contributed by atoms with Crippen molar-refractivity contribution in [3.8, 4) is 0 Å². The van der Waals surface area contributed by atoms with Crippen molar-refractivity contribution in [2.75, 3.05) is 25.0 Å². The van der Waals surface area contributed by atoms with Gasteiger partial charge in [-0.15, -0.1) is 0 Å². The van der Waals surface area contributed by atoms with Crippen molar-refractivity contribution >= 4 is 17.8 Å². The van der Waals surface area contributed by atoms with E-state index in [4.69, 9.17) is 0 Å². The first kappa shape index (κ1) is 18.9. The number of allylic oxidation sites excluding steroid dienone is 1. The van der Waals surface area contributed by atoms with Crippen LogP contribution in [-0.2, 0) is 9.59 Å². The average molecular weight is 388 g/mol. The fourth-order valence-electron chi connectivity index (χ4n) is 4.28. The smallest absolute Gasteiger partial charge is 0.317 e. The molecular weight excluding hydrogens is 360 g/mol. The summed E-state index contributed by atoms with van der Waals surface area (Å²) in [4.78, 5) is 32.4. The zero-order valence-electron chi connectivity index (χ0n) is 16.6. The molecule has 0 bridgehead atoms. The Morgan fingerprint density at radius 2 is 2.07 bits per heavy atom. The molecule has 1 atom stereocenters. The van der Waals surface area contributed by atoms with Gasteiger partial charge in [0, 0.05) is 31.4 Å². The molecule has 2 N–H and O–H groups in total. The van der Waals surface area contributed by atoms with Crippen LogP contribution in [0.25, 0.3) is 0 Å². The van der Waals surface area contributed by atoms with Crippen LogP contribution >= 0.6 is 0 Å². The summed E-state index contributed by atoms with van der Waals surface area (Å²) in [6.07, 6.45) is 5.51. The van der Waals surface area contributed by atoms with Crippen LogP contribution in [0.3, 0.4) is 0 Å². The van der Waals surface area contributed by atoms with Crippen molar-refractivity contribution in [2.45, 2.75) is 57.7 Å². The van der Waals surface area contributed by atoms with Crippen LogP contribution in [-0.4, -0.2) is 68.9 Å². The van der Waals surface area contributed by atoms with Gasteiger partial charge in [-0.1, -0.05) is 0 Å². The highest BCUT2D eigenvalue weighted by molar-refractivity contribution is 5.96. The molecule has 9 heteroatoms. The SMILES string of the molecule is CC1=C(C(=O)NC2CC(N(CC(=O)O)CC3CC3)C2)C(C)n2ncnc2N1C. The van der Waals surface area contributed by atoms with Crippen molar-refractivity contribution < 1.29 is 14.7 Å². The summed E-state index contributed by atoms with van der Waals surface area (Å²) in [6, 6.07) is 0.149. The normalized spacial score (nSPS) is 26.9. The standard InChI is InChI=1S/C19H28N6O3/c1-11-17(12(2)25-19(23(11)3)20-10-21-25)18(28)22-14-6-15(7-14)24(9-16(26)27)8-13-4-5-13/h10,12-15H,4-9H2,1-3H3,(H,22,28)(H,26,27).